The van der Waals surface area contributed by atoms with E-state index >= 15 is 0 Å². The smallest absolute Gasteiger partial charge is 0.335 e. The molecule has 0 aliphatic carbocycles. The number of anilines is 1. The summed E-state index contributed by atoms with van der Waals surface area (Å²) in [5.74, 6) is -1.47. The Morgan fingerprint density at radius 2 is 2.17 bits per heavy atom. The van der Waals surface area contributed by atoms with Crippen LogP contribution in [0.25, 0.3) is 0 Å². The molecule has 7 nitrogen and oxygen atoms in total. The van der Waals surface area contributed by atoms with Gasteiger partial charge in [-0.2, -0.15) is 15.4 Å². The van der Waals surface area contributed by atoms with Gasteiger partial charge in [0.15, 0.2) is 5.69 Å². The van der Waals surface area contributed by atoms with Crippen LogP contribution in [0.15, 0.2) is 28.9 Å². The maximum atomic E-state index is 11.7. The second-order valence-corrected chi connectivity index (χ2v) is 4.16. The van der Waals surface area contributed by atoms with Crippen LogP contribution in [0.5, 0.6) is 0 Å². The summed E-state index contributed by atoms with van der Waals surface area (Å²) in [6.07, 6.45) is 1.29. The Balaban J connectivity index is 2.20. The van der Waals surface area contributed by atoms with Gasteiger partial charge in [0, 0.05) is 4.47 Å². The van der Waals surface area contributed by atoms with Crippen molar-refractivity contribution in [2.45, 2.75) is 0 Å². The van der Waals surface area contributed by atoms with Crippen molar-refractivity contribution in [1.29, 1.82) is 0 Å². The van der Waals surface area contributed by atoms with Crippen molar-refractivity contribution in [1.82, 2.24) is 15.4 Å². The molecular formula is C10H7BrN4O3. The molecule has 0 saturated heterocycles. The van der Waals surface area contributed by atoms with Crippen LogP contribution >= 0.6 is 15.9 Å². The highest BCUT2D eigenvalue weighted by atomic mass is 79.9. The maximum absolute atomic E-state index is 11.7. The number of hydrogen-bond donors (Lipinski definition) is 3. The summed E-state index contributed by atoms with van der Waals surface area (Å²) < 4.78 is 0.472. The monoisotopic (exact) mass is 310 g/mol. The molecule has 1 amide bonds. The van der Waals surface area contributed by atoms with E-state index in [9.17, 15) is 9.59 Å². The van der Waals surface area contributed by atoms with Crippen LogP contribution < -0.4 is 5.32 Å². The van der Waals surface area contributed by atoms with Crippen molar-refractivity contribution in [3.63, 3.8) is 0 Å². The van der Waals surface area contributed by atoms with E-state index in [4.69, 9.17) is 5.11 Å². The van der Waals surface area contributed by atoms with Crippen LogP contribution in [0.3, 0.4) is 0 Å². The molecule has 1 aromatic heterocycles. The fourth-order valence-corrected chi connectivity index (χ4v) is 1.72. The first kappa shape index (κ1) is 12.2. The zero-order valence-corrected chi connectivity index (χ0v) is 10.4. The number of carbonyl (C=O) groups is 2. The van der Waals surface area contributed by atoms with Crippen molar-refractivity contribution in [2.24, 2.45) is 0 Å². The number of H-pyrrole nitrogens is 1. The van der Waals surface area contributed by atoms with Crippen molar-refractivity contribution in [3.05, 3.63) is 40.1 Å². The van der Waals surface area contributed by atoms with E-state index in [0.29, 0.717) is 10.2 Å². The molecule has 0 aliphatic rings. The third-order valence-corrected chi connectivity index (χ3v) is 2.77. The van der Waals surface area contributed by atoms with E-state index < -0.39 is 11.9 Å². The molecule has 1 heterocycles. The predicted octanol–water partition coefficient (Wildman–Crippen LogP) is 1.52. The lowest BCUT2D eigenvalue weighted by Gasteiger charge is -2.06. The largest absolute Gasteiger partial charge is 0.478 e. The minimum atomic E-state index is -1.04. The van der Waals surface area contributed by atoms with Crippen LogP contribution in [0.1, 0.15) is 20.8 Å². The number of carbonyl (C=O) groups excluding carboxylic acids is 1. The third kappa shape index (κ3) is 2.54. The molecule has 2 aromatic rings. The number of hydrogen-bond acceptors (Lipinski definition) is 4. The average molecular weight is 311 g/mol. The van der Waals surface area contributed by atoms with Gasteiger partial charge in [0.2, 0.25) is 0 Å². The van der Waals surface area contributed by atoms with Gasteiger partial charge in [-0.1, -0.05) is 0 Å². The van der Waals surface area contributed by atoms with Crippen LogP contribution in [-0.2, 0) is 0 Å². The minimum Gasteiger partial charge on any atom is -0.478 e. The second kappa shape index (κ2) is 4.96. The molecule has 2 rings (SSSR count). The number of nitrogens with one attached hydrogen (secondary N) is 2. The number of carboxylic acids is 1. The predicted molar refractivity (Wildman–Crippen MR) is 65.4 cm³/mol. The SMILES string of the molecule is O=C(O)c1ccc(NC(=O)c2cn[nH]n2)c(Br)c1. The molecule has 0 unspecified atom stereocenters. The Labute approximate surface area is 109 Å². The average Bonchev–Trinajstić information content (AvgIpc) is 2.85. The summed E-state index contributed by atoms with van der Waals surface area (Å²) in [5, 5.41) is 20.9. The normalized spacial score (nSPS) is 10.1. The van der Waals surface area contributed by atoms with Gasteiger partial charge in [-0.05, 0) is 34.1 Å². The lowest BCUT2D eigenvalue weighted by Crippen LogP contribution is -2.13. The zero-order valence-electron chi connectivity index (χ0n) is 8.85. The molecule has 0 atom stereocenters. The summed E-state index contributed by atoms with van der Waals surface area (Å²) in [4.78, 5) is 22.4. The quantitative estimate of drug-likeness (QED) is 0.796. The van der Waals surface area contributed by atoms with Gasteiger partial charge in [0.25, 0.3) is 5.91 Å². The molecule has 0 fully saturated rings. The number of aromatic nitrogens is 3. The molecule has 0 bridgehead atoms. The Morgan fingerprint density at radius 1 is 1.39 bits per heavy atom. The molecule has 8 heteroatoms. The molecule has 18 heavy (non-hydrogen) atoms. The molecule has 3 N–H and O–H groups in total. The lowest BCUT2D eigenvalue weighted by atomic mass is 10.2. The number of nitrogens with zero attached hydrogens (tertiary/aromatic N) is 2. The fraction of sp³-hybridized carbons (Fsp3) is 0. The van der Waals surface area contributed by atoms with Gasteiger partial charge >= 0.3 is 5.97 Å². The van der Waals surface area contributed by atoms with Gasteiger partial charge in [-0.3, -0.25) is 4.79 Å². The molecule has 0 saturated carbocycles. The third-order valence-electron chi connectivity index (χ3n) is 2.11. The highest BCUT2D eigenvalue weighted by Gasteiger charge is 2.12. The summed E-state index contributed by atoms with van der Waals surface area (Å²) >= 11 is 3.19. The summed E-state index contributed by atoms with van der Waals surface area (Å²) in [5.41, 5.74) is 0.721. The van der Waals surface area contributed by atoms with Gasteiger partial charge in [-0.25, -0.2) is 4.79 Å². The summed E-state index contributed by atoms with van der Waals surface area (Å²) in [6, 6.07) is 4.29. The second-order valence-electron chi connectivity index (χ2n) is 3.31. The standard InChI is InChI=1S/C10H7BrN4O3/c11-6-3-5(10(17)18)1-2-7(6)13-9(16)8-4-12-15-14-8/h1-4H,(H,13,16)(H,17,18)(H,12,14,15). The van der Waals surface area contributed by atoms with E-state index in [1.807, 2.05) is 0 Å². The van der Waals surface area contributed by atoms with Crippen LogP contribution in [-0.4, -0.2) is 32.4 Å². The first-order chi connectivity index (χ1) is 8.58. The van der Waals surface area contributed by atoms with E-state index in [-0.39, 0.29) is 11.3 Å². The molecule has 0 aliphatic heterocycles. The summed E-state index contributed by atoms with van der Waals surface area (Å²) in [6.45, 7) is 0. The van der Waals surface area contributed by atoms with Gasteiger partial charge < -0.3 is 10.4 Å². The van der Waals surface area contributed by atoms with Crippen LogP contribution in [0.4, 0.5) is 5.69 Å². The molecule has 0 spiro atoms. The van der Waals surface area contributed by atoms with E-state index in [0.717, 1.165) is 0 Å². The summed E-state index contributed by atoms with van der Waals surface area (Å²) in [7, 11) is 0. The number of amides is 1. The lowest BCUT2D eigenvalue weighted by molar-refractivity contribution is 0.0696. The van der Waals surface area contributed by atoms with Gasteiger partial charge in [-0.15, -0.1) is 0 Å². The van der Waals surface area contributed by atoms with Crippen LogP contribution in [0, 0.1) is 0 Å². The Hall–Kier alpha value is -2.22. The van der Waals surface area contributed by atoms with E-state index in [1.165, 1.54) is 24.4 Å². The number of halogens is 1. The van der Waals surface area contributed by atoms with Crippen molar-refractivity contribution < 1.29 is 14.7 Å². The van der Waals surface area contributed by atoms with Crippen molar-refractivity contribution in [3.8, 4) is 0 Å². The molecule has 1 aromatic carbocycles. The number of benzene rings is 1. The van der Waals surface area contributed by atoms with Gasteiger partial charge in [0.05, 0.1) is 17.4 Å². The molecule has 92 valence electrons. The topological polar surface area (TPSA) is 108 Å². The maximum Gasteiger partial charge on any atom is 0.335 e. The van der Waals surface area contributed by atoms with Crippen LogP contribution in [0.2, 0.25) is 0 Å². The minimum absolute atomic E-state index is 0.126. The highest BCUT2D eigenvalue weighted by Crippen LogP contribution is 2.24. The first-order valence-electron chi connectivity index (χ1n) is 4.78. The fourth-order valence-electron chi connectivity index (χ4n) is 1.25. The van der Waals surface area contributed by atoms with E-state index in [1.54, 1.807) is 0 Å². The number of aromatic amines is 1. The highest BCUT2D eigenvalue weighted by molar-refractivity contribution is 9.10. The number of carboxylic acid groups (broad SMARTS) is 1. The number of rotatable bonds is 3. The Bertz CT molecular complexity index is 597. The van der Waals surface area contributed by atoms with Gasteiger partial charge in [0.1, 0.15) is 0 Å². The van der Waals surface area contributed by atoms with E-state index in [2.05, 4.69) is 36.7 Å². The Morgan fingerprint density at radius 3 is 2.72 bits per heavy atom. The molecular weight excluding hydrogens is 304 g/mol. The zero-order chi connectivity index (χ0) is 13.1. The van der Waals surface area contributed by atoms with Crippen molar-refractivity contribution >= 4 is 33.5 Å². The molecule has 0 radical (unpaired) electrons. The Kier molecular flexibility index (Phi) is 3.38. The number of aromatic carboxylic acids is 1. The first-order valence-corrected chi connectivity index (χ1v) is 5.57. The van der Waals surface area contributed by atoms with Crippen molar-refractivity contribution in [2.75, 3.05) is 5.32 Å².